The zero-order valence-electron chi connectivity index (χ0n) is 8.35. The molecule has 0 radical (unpaired) electrons. The van der Waals surface area contributed by atoms with E-state index in [4.69, 9.17) is 5.26 Å². The van der Waals surface area contributed by atoms with Gasteiger partial charge in [0.1, 0.15) is 0 Å². The van der Waals surface area contributed by atoms with Gasteiger partial charge >= 0.3 is 0 Å². The largest absolute Gasteiger partial charge is 0.281 e. The van der Waals surface area contributed by atoms with Crippen molar-refractivity contribution in [2.45, 2.75) is 25.4 Å². The molecule has 72 valence electrons. The minimum atomic E-state index is 0.130. The molecule has 0 bridgehead atoms. The summed E-state index contributed by atoms with van der Waals surface area (Å²) in [6.07, 6.45) is 1.02. The molecular formula is C12H14N2. The second kappa shape index (κ2) is 3.81. The highest BCUT2D eigenvalue weighted by molar-refractivity contribution is 5.20. The van der Waals surface area contributed by atoms with Crippen molar-refractivity contribution in [2.75, 3.05) is 6.54 Å². The molecule has 0 aromatic heterocycles. The maximum atomic E-state index is 8.86. The third-order valence-corrected chi connectivity index (χ3v) is 2.99. The van der Waals surface area contributed by atoms with Crippen LogP contribution in [0.4, 0.5) is 0 Å². The van der Waals surface area contributed by atoms with Crippen molar-refractivity contribution in [1.29, 1.82) is 5.26 Å². The van der Waals surface area contributed by atoms with Crippen LogP contribution >= 0.6 is 0 Å². The standard InChI is InChI=1S/C12H14N2/c1-10(11-5-3-2-4-6-11)14-8-7-12(14)9-13/h2-6,10,12H,7-8H2,1H3/t10-,12?/m0/s1. The molecule has 14 heavy (non-hydrogen) atoms. The molecule has 0 spiro atoms. The minimum Gasteiger partial charge on any atom is -0.281 e. The second-order valence-corrected chi connectivity index (χ2v) is 3.76. The predicted octanol–water partition coefficient (Wildman–Crippen LogP) is 2.35. The van der Waals surface area contributed by atoms with Crippen molar-refractivity contribution in [3.05, 3.63) is 35.9 Å². The minimum absolute atomic E-state index is 0.130. The van der Waals surface area contributed by atoms with Crippen molar-refractivity contribution in [1.82, 2.24) is 4.90 Å². The van der Waals surface area contributed by atoms with E-state index in [1.54, 1.807) is 0 Å². The molecule has 1 aliphatic rings. The fraction of sp³-hybridized carbons (Fsp3) is 0.417. The second-order valence-electron chi connectivity index (χ2n) is 3.76. The fourth-order valence-electron chi connectivity index (χ4n) is 1.93. The van der Waals surface area contributed by atoms with Crippen LogP contribution in [0.2, 0.25) is 0 Å². The quantitative estimate of drug-likeness (QED) is 0.709. The molecule has 2 heteroatoms. The molecule has 2 rings (SSSR count). The first-order valence-electron chi connectivity index (χ1n) is 5.03. The summed E-state index contributed by atoms with van der Waals surface area (Å²) in [7, 11) is 0. The van der Waals surface area contributed by atoms with Gasteiger partial charge in [-0.15, -0.1) is 0 Å². The Balaban J connectivity index is 2.10. The summed E-state index contributed by atoms with van der Waals surface area (Å²) >= 11 is 0. The van der Waals surface area contributed by atoms with E-state index >= 15 is 0 Å². The molecule has 1 aliphatic heterocycles. The number of likely N-dealkylation sites (tertiary alicyclic amines) is 1. The van der Waals surface area contributed by atoms with Crippen LogP contribution in [0.25, 0.3) is 0 Å². The van der Waals surface area contributed by atoms with Crippen molar-refractivity contribution in [2.24, 2.45) is 0 Å². The van der Waals surface area contributed by atoms with Gasteiger partial charge in [0.25, 0.3) is 0 Å². The molecule has 0 N–H and O–H groups in total. The highest BCUT2D eigenvalue weighted by Gasteiger charge is 2.31. The van der Waals surface area contributed by atoms with E-state index in [2.05, 4.69) is 30.0 Å². The first kappa shape index (κ1) is 9.23. The lowest BCUT2D eigenvalue weighted by Gasteiger charge is -2.41. The summed E-state index contributed by atoms with van der Waals surface area (Å²) in [5.41, 5.74) is 1.30. The number of hydrogen-bond acceptors (Lipinski definition) is 2. The smallest absolute Gasteiger partial charge is 0.0995 e. The summed E-state index contributed by atoms with van der Waals surface area (Å²) < 4.78 is 0. The van der Waals surface area contributed by atoms with Gasteiger partial charge in [-0.1, -0.05) is 30.3 Å². The Bertz CT molecular complexity index is 339. The van der Waals surface area contributed by atoms with E-state index in [9.17, 15) is 0 Å². The first-order valence-corrected chi connectivity index (χ1v) is 5.03. The van der Waals surface area contributed by atoms with Crippen LogP contribution in [0.5, 0.6) is 0 Å². The van der Waals surface area contributed by atoms with Crippen LogP contribution in [-0.4, -0.2) is 17.5 Å². The van der Waals surface area contributed by atoms with Gasteiger partial charge in [-0.2, -0.15) is 5.26 Å². The van der Waals surface area contributed by atoms with Crippen LogP contribution in [0, 0.1) is 11.3 Å². The molecule has 1 aromatic rings. The van der Waals surface area contributed by atoms with Crippen LogP contribution < -0.4 is 0 Å². The topological polar surface area (TPSA) is 27.0 Å². The number of nitriles is 1. The molecule has 1 aromatic carbocycles. The molecular weight excluding hydrogens is 172 g/mol. The van der Waals surface area contributed by atoms with Gasteiger partial charge in [0.2, 0.25) is 0 Å². The number of nitrogens with zero attached hydrogens (tertiary/aromatic N) is 2. The van der Waals surface area contributed by atoms with Crippen LogP contribution in [0.3, 0.4) is 0 Å². The Labute approximate surface area is 84.8 Å². The number of hydrogen-bond donors (Lipinski definition) is 0. The van der Waals surface area contributed by atoms with Crippen LogP contribution in [-0.2, 0) is 0 Å². The highest BCUT2D eigenvalue weighted by Crippen LogP contribution is 2.29. The molecule has 1 unspecified atom stereocenters. The van der Waals surface area contributed by atoms with Crippen LogP contribution in [0.1, 0.15) is 24.9 Å². The SMILES string of the molecule is C[C@@H](c1ccccc1)N1CCC1C#N. The Kier molecular flexibility index (Phi) is 2.51. The first-order chi connectivity index (χ1) is 6.83. The van der Waals surface area contributed by atoms with Crippen molar-refractivity contribution >= 4 is 0 Å². The maximum Gasteiger partial charge on any atom is 0.0995 e. The van der Waals surface area contributed by atoms with Gasteiger partial charge < -0.3 is 0 Å². The van der Waals surface area contributed by atoms with Crippen LogP contribution in [0.15, 0.2) is 30.3 Å². The fourth-order valence-corrected chi connectivity index (χ4v) is 1.93. The average molecular weight is 186 g/mol. The molecule has 1 fully saturated rings. The zero-order chi connectivity index (χ0) is 9.97. The molecule has 2 nitrogen and oxygen atoms in total. The monoisotopic (exact) mass is 186 g/mol. The van der Waals surface area contributed by atoms with E-state index in [1.165, 1.54) is 5.56 Å². The third-order valence-electron chi connectivity index (χ3n) is 2.99. The van der Waals surface area contributed by atoms with Crippen molar-refractivity contribution in [3.63, 3.8) is 0 Å². The molecule has 1 saturated heterocycles. The molecule has 0 saturated carbocycles. The van der Waals surface area contributed by atoms with Crippen molar-refractivity contribution in [3.8, 4) is 6.07 Å². The molecule has 0 amide bonds. The van der Waals surface area contributed by atoms with Gasteiger partial charge in [-0.3, -0.25) is 4.90 Å². The lowest BCUT2D eigenvalue weighted by atomic mass is 9.97. The van der Waals surface area contributed by atoms with Gasteiger partial charge in [-0.25, -0.2) is 0 Å². The Morgan fingerprint density at radius 2 is 2.14 bits per heavy atom. The normalized spacial score (nSPS) is 23.6. The maximum absolute atomic E-state index is 8.86. The highest BCUT2D eigenvalue weighted by atomic mass is 15.2. The Morgan fingerprint density at radius 3 is 2.64 bits per heavy atom. The Hall–Kier alpha value is -1.33. The van der Waals surface area contributed by atoms with Gasteiger partial charge in [-0.05, 0) is 18.9 Å². The van der Waals surface area contributed by atoms with Gasteiger partial charge in [0, 0.05) is 12.6 Å². The van der Waals surface area contributed by atoms with Crippen molar-refractivity contribution < 1.29 is 0 Å². The van der Waals surface area contributed by atoms with Gasteiger partial charge in [0.15, 0.2) is 0 Å². The van der Waals surface area contributed by atoms with E-state index < -0.39 is 0 Å². The summed E-state index contributed by atoms with van der Waals surface area (Å²) in [5, 5.41) is 8.86. The predicted molar refractivity (Wildman–Crippen MR) is 55.6 cm³/mol. The van der Waals surface area contributed by atoms with E-state index in [0.717, 1.165) is 13.0 Å². The summed E-state index contributed by atoms with van der Waals surface area (Å²) in [6.45, 7) is 3.22. The molecule has 2 atom stereocenters. The summed E-state index contributed by atoms with van der Waals surface area (Å²) in [6, 6.07) is 13.2. The van der Waals surface area contributed by atoms with Gasteiger partial charge in [0.05, 0.1) is 12.1 Å². The van der Waals surface area contributed by atoms with E-state index in [-0.39, 0.29) is 6.04 Å². The Morgan fingerprint density at radius 1 is 1.43 bits per heavy atom. The van der Waals surface area contributed by atoms with E-state index in [0.29, 0.717) is 6.04 Å². The summed E-state index contributed by atoms with van der Waals surface area (Å²) in [4.78, 5) is 2.25. The molecule has 0 aliphatic carbocycles. The zero-order valence-corrected chi connectivity index (χ0v) is 8.35. The average Bonchev–Trinajstić information content (AvgIpc) is 2.18. The molecule has 1 heterocycles. The number of benzene rings is 1. The third kappa shape index (κ3) is 1.51. The van der Waals surface area contributed by atoms with E-state index in [1.807, 2.05) is 18.2 Å². The summed E-state index contributed by atoms with van der Waals surface area (Å²) in [5.74, 6) is 0. The lowest BCUT2D eigenvalue weighted by molar-refractivity contribution is 0.0834. The lowest BCUT2D eigenvalue weighted by Crippen LogP contribution is -2.47. The number of rotatable bonds is 2.